The third kappa shape index (κ3) is 4.86. The van der Waals surface area contributed by atoms with Crippen LogP contribution in [0.2, 0.25) is 0 Å². The number of benzene rings is 1. The fraction of sp³-hybridized carbons (Fsp3) is 0.517. The van der Waals surface area contributed by atoms with Gasteiger partial charge < -0.3 is 24.8 Å². The maximum atomic E-state index is 9.27. The monoisotopic (exact) mass is 512 g/mol. The normalized spacial score (nSPS) is 21.9. The van der Waals surface area contributed by atoms with E-state index in [1.165, 1.54) is 23.1 Å². The average molecular weight is 513 g/mol. The van der Waals surface area contributed by atoms with E-state index in [2.05, 4.69) is 64.3 Å². The van der Waals surface area contributed by atoms with E-state index in [0.29, 0.717) is 31.6 Å². The van der Waals surface area contributed by atoms with Crippen molar-refractivity contribution in [3.63, 3.8) is 0 Å². The Balaban J connectivity index is 1.34. The summed E-state index contributed by atoms with van der Waals surface area (Å²) in [6.45, 7) is 7.81. The van der Waals surface area contributed by atoms with Gasteiger partial charge in [0.05, 0.1) is 36.1 Å². The molecule has 0 bridgehead atoms. The average Bonchev–Trinajstić information content (AvgIpc) is 3.36. The lowest BCUT2D eigenvalue weighted by Crippen LogP contribution is -2.51. The van der Waals surface area contributed by atoms with Gasteiger partial charge in [-0.3, -0.25) is 4.98 Å². The van der Waals surface area contributed by atoms with Gasteiger partial charge in [0, 0.05) is 60.8 Å². The van der Waals surface area contributed by atoms with Gasteiger partial charge in [0.2, 0.25) is 0 Å². The van der Waals surface area contributed by atoms with Crippen LogP contribution in [-0.2, 0) is 13.0 Å². The Kier molecular flexibility index (Phi) is 7.00. The molecule has 38 heavy (non-hydrogen) atoms. The third-order valence-corrected chi connectivity index (χ3v) is 8.26. The van der Waals surface area contributed by atoms with Crippen molar-refractivity contribution in [1.82, 2.24) is 25.2 Å². The van der Waals surface area contributed by atoms with Gasteiger partial charge in [0.1, 0.15) is 12.4 Å². The Morgan fingerprint density at radius 3 is 2.89 bits per heavy atom. The second-order valence-electron chi connectivity index (χ2n) is 10.8. The zero-order chi connectivity index (χ0) is 26.1. The lowest BCUT2D eigenvalue weighted by Gasteiger charge is -2.37. The molecular weight excluding hydrogens is 476 g/mol. The number of rotatable bonds is 6. The Labute approximate surface area is 224 Å². The number of anilines is 2. The number of ether oxygens (including phenoxy) is 1. The highest BCUT2D eigenvalue weighted by Gasteiger charge is 2.30. The van der Waals surface area contributed by atoms with Crippen LogP contribution >= 0.6 is 0 Å². The minimum absolute atomic E-state index is 0.139. The van der Waals surface area contributed by atoms with E-state index in [-0.39, 0.29) is 6.04 Å². The summed E-state index contributed by atoms with van der Waals surface area (Å²) in [4.78, 5) is 21.8. The fourth-order valence-corrected chi connectivity index (χ4v) is 6.18. The molecule has 3 aromatic rings. The molecule has 1 N–H and O–H groups in total. The molecule has 2 saturated heterocycles. The molecule has 3 aliphatic rings. The van der Waals surface area contributed by atoms with Crippen molar-refractivity contribution in [2.24, 2.45) is 0 Å². The number of piperazine rings is 1. The van der Waals surface area contributed by atoms with Crippen molar-refractivity contribution in [3.05, 3.63) is 47.4 Å². The Hall–Kier alpha value is -3.48. The van der Waals surface area contributed by atoms with Crippen molar-refractivity contribution in [2.75, 3.05) is 56.2 Å². The SMILES string of the molecule is Cc1ncc2ccccc2c1N1CCc2c(nc(OC[C@@H]3CCCN3C)nc2N2CCN[C@@H](CC#N)C2)C1. The summed E-state index contributed by atoms with van der Waals surface area (Å²) in [7, 11) is 2.16. The molecule has 0 saturated carbocycles. The molecular formula is C29H36N8O. The van der Waals surface area contributed by atoms with Crippen LogP contribution in [0.5, 0.6) is 6.01 Å². The predicted molar refractivity (Wildman–Crippen MR) is 149 cm³/mol. The van der Waals surface area contributed by atoms with Gasteiger partial charge >= 0.3 is 6.01 Å². The van der Waals surface area contributed by atoms with Crippen molar-refractivity contribution < 1.29 is 4.74 Å². The molecule has 198 valence electrons. The van der Waals surface area contributed by atoms with Crippen LogP contribution in [0, 0.1) is 18.3 Å². The quantitative estimate of drug-likeness (QED) is 0.535. The Morgan fingerprint density at radius 2 is 2.05 bits per heavy atom. The number of aromatic nitrogens is 3. The molecule has 0 amide bonds. The molecule has 0 spiro atoms. The molecule has 6 rings (SSSR count). The summed E-state index contributed by atoms with van der Waals surface area (Å²) in [5.41, 5.74) is 4.44. The zero-order valence-electron chi connectivity index (χ0n) is 22.4. The molecule has 2 atom stereocenters. The summed E-state index contributed by atoms with van der Waals surface area (Å²) in [5.74, 6) is 0.974. The summed E-state index contributed by atoms with van der Waals surface area (Å²) in [5, 5.41) is 15.1. The first-order chi connectivity index (χ1) is 18.6. The van der Waals surface area contributed by atoms with E-state index >= 15 is 0 Å². The van der Waals surface area contributed by atoms with Crippen LogP contribution < -0.4 is 19.9 Å². The highest BCUT2D eigenvalue weighted by Crippen LogP contribution is 2.35. The van der Waals surface area contributed by atoms with Crippen molar-refractivity contribution in [1.29, 1.82) is 5.26 Å². The molecule has 1 aromatic carbocycles. The van der Waals surface area contributed by atoms with Crippen molar-refractivity contribution in [3.8, 4) is 12.1 Å². The molecule has 0 radical (unpaired) electrons. The zero-order valence-corrected chi connectivity index (χ0v) is 22.4. The molecule has 0 aliphatic carbocycles. The number of nitrogens with zero attached hydrogens (tertiary/aromatic N) is 7. The van der Waals surface area contributed by atoms with Gasteiger partial charge in [-0.15, -0.1) is 0 Å². The van der Waals surface area contributed by atoms with Gasteiger partial charge in [0.25, 0.3) is 0 Å². The highest BCUT2D eigenvalue weighted by atomic mass is 16.5. The molecule has 0 unspecified atom stereocenters. The maximum Gasteiger partial charge on any atom is 0.318 e. The number of likely N-dealkylation sites (tertiary alicyclic amines) is 1. The lowest BCUT2D eigenvalue weighted by atomic mass is 10.0. The minimum atomic E-state index is 0.139. The minimum Gasteiger partial charge on any atom is -0.462 e. The van der Waals surface area contributed by atoms with E-state index in [9.17, 15) is 5.26 Å². The number of hydrogen-bond donors (Lipinski definition) is 1. The summed E-state index contributed by atoms with van der Waals surface area (Å²) in [6.07, 6.45) is 5.65. The summed E-state index contributed by atoms with van der Waals surface area (Å²) < 4.78 is 6.28. The van der Waals surface area contributed by atoms with Crippen molar-refractivity contribution >= 4 is 22.3 Å². The van der Waals surface area contributed by atoms with Crippen LogP contribution in [0.15, 0.2) is 30.5 Å². The van der Waals surface area contributed by atoms with Gasteiger partial charge in [-0.1, -0.05) is 24.3 Å². The number of nitriles is 1. The second-order valence-corrected chi connectivity index (χ2v) is 10.8. The van der Waals surface area contributed by atoms with E-state index in [1.54, 1.807) is 0 Å². The van der Waals surface area contributed by atoms with Crippen molar-refractivity contribution in [2.45, 2.75) is 51.2 Å². The smallest absolute Gasteiger partial charge is 0.318 e. The summed E-state index contributed by atoms with van der Waals surface area (Å²) >= 11 is 0. The van der Waals surface area contributed by atoms with Gasteiger partial charge in [-0.2, -0.15) is 15.2 Å². The fourth-order valence-electron chi connectivity index (χ4n) is 6.18. The number of fused-ring (bicyclic) bond motifs is 2. The van der Waals surface area contributed by atoms with E-state index < -0.39 is 0 Å². The van der Waals surface area contributed by atoms with Crippen LogP contribution in [-0.4, -0.2) is 78.3 Å². The topological polar surface area (TPSA) is 93.4 Å². The van der Waals surface area contributed by atoms with Gasteiger partial charge in [0.15, 0.2) is 0 Å². The Morgan fingerprint density at radius 1 is 1.16 bits per heavy atom. The predicted octanol–water partition coefficient (Wildman–Crippen LogP) is 3.06. The standard InChI is InChI=1S/C29H36N8O/c1-20-27(24-8-4-3-6-21(24)16-32-20)36-14-10-25-26(18-36)33-29(38-19-23-7-5-13-35(23)2)34-28(25)37-15-12-31-22(17-37)9-11-30/h3-4,6,8,16,22-23,31H,5,7,9-10,12-15,17-19H2,1-2H3/t22-,23-/m0/s1. The highest BCUT2D eigenvalue weighted by molar-refractivity contribution is 5.94. The maximum absolute atomic E-state index is 9.27. The first kappa shape index (κ1) is 24.8. The van der Waals surface area contributed by atoms with E-state index in [1.807, 2.05) is 6.20 Å². The van der Waals surface area contributed by atoms with E-state index in [0.717, 1.165) is 68.2 Å². The molecule has 5 heterocycles. The largest absolute Gasteiger partial charge is 0.462 e. The van der Waals surface area contributed by atoms with Gasteiger partial charge in [-0.25, -0.2) is 0 Å². The lowest BCUT2D eigenvalue weighted by molar-refractivity contribution is 0.187. The number of aryl methyl sites for hydroxylation is 1. The first-order valence-corrected chi connectivity index (χ1v) is 13.8. The van der Waals surface area contributed by atoms with Crippen LogP contribution in [0.4, 0.5) is 11.5 Å². The number of pyridine rings is 1. The van der Waals surface area contributed by atoms with Crippen LogP contribution in [0.3, 0.4) is 0 Å². The second kappa shape index (κ2) is 10.7. The third-order valence-electron chi connectivity index (χ3n) is 8.26. The molecule has 2 aromatic heterocycles. The molecule has 2 fully saturated rings. The van der Waals surface area contributed by atoms with Crippen LogP contribution in [0.25, 0.3) is 10.8 Å². The molecule has 9 heteroatoms. The first-order valence-electron chi connectivity index (χ1n) is 13.8. The number of likely N-dealkylation sites (N-methyl/N-ethyl adjacent to an activating group) is 1. The van der Waals surface area contributed by atoms with Gasteiger partial charge in [-0.05, 0) is 39.8 Å². The Bertz CT molecular complexity index is 1350. The van der Waals surface area contributed by atoms with Crippen LogP contribution in [0.1, 0.15) is 36.2 Å². The summed E-state index contributed by atoms with van der Waals surface area (Å²) in [6, 6.07) is 11.8. The molecule has 3 aliphatic heterocycles. The number of nitrogens with one attached hydrogen (secondary N) is 1. The molecule has 9 nitrogen and oxygen atoms in total. The van der Waals surface area contributed by atoms with E-state index in [4.69, 9.17) is 19.7 Å². The number of hydrogen-bond acceptors (Lipinski definition) is 9.